The van der Waals surface area contributed by atoms with Crippen molar-refractivity contribution in [1.29, 1.82) is 0 Å². The Hall–Kier alpha value is -3.95. The molecule has 0 spiro atoms. The lowest BCUT2D eigenvalue weighted by Crippen LogP contribution is -2.50. The Kier molecular flexibility index (Phi) is 8.32. The van der Waals surface area contributed by atoms with Gasteiger partial charge in [0.05, 0.1) is 18.5 Å². The number of ether oxygens (including phenoxy) is 1. The number of likely N-dealkylation sites (N-methyl/N-ethyl adjacent to an activating group) is 1. The predicted octanol–water partition coefficient (Wildman–Crippen LogP) is 3.38. The van der Waals surface area contributed by atoms with Gasteiger partial charge >= 0.3 is 0 Å². The number of aliphatic hydroxyl groups excluding tert-OH is 1. The Morgan fingerprint density at radius 2 is 1.88 bits per heavy atom. The average Bonchev–Trinajstić information content (AvgIpc) is 3.34. The molecule has 2 aliphatic rings. The topological polar surface area (TPSA) is 102 Å². The molecule has 40 heavy (non-hydrogen) atoms. The molecule has 5 rings (SSSR count). The van der Waals surface area contributed by atoms with Crippen molar-refractivity contribution in [3.05, 3.63) is 78.5 Å². The van der Waals surface area contributed by atoms with E-state index in [0.29, 0.717) is 25.4 Å². The smallest absolute Gasteiger partial charge is 0.246 e. The molecule has 1 saturated heterocycles. The highest BCUT2D eigenvalue weighted by Crippen LogP contribution is 2.29. The van der Waals surface area contributed by atoms with Gasteiger partial charge in [0.2, 0.25) is 11.8 Å². The normalized spacial score (nSPS) is 23.4. The van der Waals surface area contributed by atoms with Gasteiger partial charge in [0, 0.05) is 48.9 Å². The zero-order valence-electron chi connectivity index (χ0n) is 23.2. The number of carbonyl (C=O) groups excluding carboxylic acids is 2. The van der Waals surface area contributed by atoms with Crippen LogP contribution in [-0.4, -0.2) is 82.5 Å². The van der Waals surface area contributed by atoms with Crippen LogP contribution in [0.2, 0.25) is 0 Å². The molecule has 2 N–H and O–H groups in total. The van der Waals surface area contributed by atoms with Crippen molar-refractivity contribution in [1.82, 2.24) is 20.0 Å². The first-order valence-electron chi connectivity index (χ1n) is 13.8. The van der Waals surface area contributed by atoms with E-state index in [1.165, 1.54) is 0 Å². The fraction of sp³-hybridized carbons (Fsp3) is 0.387. The van der Waals surface area contributed by atoms with Crippen molar-refractivity contribution in [2.24, 2.45) is 11.8 Å². The molecule has 1 aliphatic carbocycles. The van der Waals surface area contributed by atoms with E-state index in [-0.39, 0.29) is 36.7 Å². The second-order valence-corrected chi connectivity index (χ2v) is 10.4. The van der Waals surface area contributed by atoms with Crippen LogP contribution in [0.3, 0.4) is 0 Å². The number of benzene rings is 2. The van der Waals surface area contributed by atoms with Gasteiger partial charge in [-0.2, -0.15) is 5.10 Å². The Morgan fingerprint density at radius 1 is 1.12 bits per heavy atom. The molecule has 9 heteroatoms. The number of nitrogens with zero attached hydrogens (tertiary/aromatic N) is 4. The van der Waals surface area contributed by atoms with Gasteiger partial charge in [-0.1, -0.05) is 49.4 Å². The van der Waals surface area contributed by atoms with E-state index in [1.807, 2.05) is 72.5 Å². The molecule has 2 heterocycles. The highest BCUT2D eigenvalue weighted by atomic mass is 16.5. The first kappa shape index (κ1) is 27.6. The Labute approximate surface area is 234 Å². The number of aliphatic hydroxyl groups is 1. The van der Waals surface area contributed by atoms with E-state index in [1.54, 1.807) is 16.9 Å². The molecule has 2 amide bonds. The summed E-state index contributed by atoms with van der Waals surface area (Å²) in [6.07, 6.45) is 7.42. The van der Waals surface area contributed by atoms with Crippen LogP contribution < -0.4 is 9.64 Å². The maximum Gasteiger partial charge on any atom is 0.246 e. The third-order valence-corrected chi connectivity index (χ3v) is 8.00. The van der Waals surface area contributed by atoms with Crippen molar-refractivity contribution in [3.63, 3.8) is 0 Å². The average molecular weight is 544 g/mol. The summed E-state index contributed by atoms with van der Waals surface area (Å²) in [5.41, 5.74) is 2.34. The first-order chi connectivity index (χ1) is 19.4. The maximum atomic E-state index is 14.1. The number of aromatic amines is 1. The van der Waals surface area contributed by atoms with Gasteiger partial charge in [-0.05, 0) is 43.2 Å². The second kappa shape index (κ2) is 12.1. The summed E-state index contributed by atoms with van der Waals surface area (Å²) < 4.78 is 5.25. The minimum absolute atomic E-state index is 0.0594. The highest BCUT2D eigenvalue weighted by Gasteiger charge is 2.42. The van der Waals surface area contributed by atoms with Crippen LogP contribution in [0.1, 0.15) is 19.5 Å². The second-order valence-electron chi connectivity index (χ2n) is 10.4. The predicted molar refractivity (Wildman–Crippen MR) is 155 cm³/mol. The van der Waals surface area contributed by atoms with Crippen molar-refractivity contribution >= 4 is 28.4 Å². The number of H-pyrrole nitrogens is 1. The van der Waals surface area contributed by atoms with E-state index >= 15 is 0 Å². The molecule has 4 atom stereocenters. The van der Waals surface area contributed by atoms with E-state index < -0.39 is 12.1 Å². The Morgan fingerprint density at radius 3 is 2.60 bits per heavy atom. The Bertz CT molecular complexity index is 1400. The maximum absolute atomic E-state index is 14.1. The molecular weight excluding hydrogens is 506 g/mol. The van der Waals surface area contributed by atoms with Gasteiger partial charge in [-0.15, -0.1) is 0 Å². The lowest BCUT2D eigenvalue weighted by molar-refractivity contribution is -0.143. The van der Waals surface area contributed by atoms with Crippen LogP contribution in [0.15, 0.2) is 72.8 Å². The number of carbonyl (C=O) groups is 2. The summed E-state index contributed by atoms with van der Waals surface area (Å²) in [6, 6.07) is 15.0. The SMILES string of the molecule is CCN(C(=O)CN1CCN(C2C=CC=CC2C)C(O)C(Cc2[nH]nc3ccccc23)C1=O)c1ccc(OC)cc1. The van der Waals surface area contributed by atoms with Crippen molar-refractivity contribution < 1.29 is 19.4 Å². The summed E-state index contributed by atoms with van der Waals surface area (Å²) in [5.74, 6) is -0.317. The summed E-state index contributed by atoms with van der Waals surface area (Å²) >= 11 is 0. The number of fused-ring (bicyclic) bond motifs is 1. The minimum atomic E-state index is -1.03. The molecule has 1 fully saturated rings. The van der Waals surface area contributed by atoms with E-state index in [0.717, 1.165) is 22.3 Å². The number of para-hydroxylation sites is 1. The van der Waals surface area contributed by atoms with E-state index in [2.05, 4.69) is 29.3 Å². The fourth-order valence-corrected chi connectivity index (χ4v) is 5.77. The van der Waals surface area contributed by atoms with Gasteiger partial charge in [0.25, 0.3) is 0 Å². The molecule has 0 saturated carbocycles. The van der Waals surface area contributed by atoms with Crippen LogP contribution in [0.4, 0.5) is 5.69 Å². The molecule has 9 nitrogen and oxygen atoms in total. The molecule has 0 radical (unpaired) electrons. The molecule has 3 aromatic rings. The van der Waals surface area contributed by atoms with Crippen molar-refractivity contribution in [2.45, 2.75) is 32.5 Å². The monoisotopic (exact) mass is 543 g/mol. The summed E-state index contributed by atoms with van der Waals surface area (Å²) in [4.78, 5) is 32.9. The number of hydrogen-bond donors (Lipinski definition) is 2. The van der Waals surface area contributed by atoms with Crippen LogP contribution in [0, 0.1) is 11.8 Å². The number of allylic oxidation sites excluding steroid dienone is 2. The number of hydrogen-bond acceptors (Lipinski definition) is 6. The lowest BCUT2D eigenvalue weighted by atomic mass is 9.92. The van der Waals surface area contributed by atoms with Gasteiger partial charge in [0.15, 0.2) is 0 Å². The van der Waals surface area contributed by atoms with Gasteiger partial charge < -0.3 is 19.6 Å². The third-order valence-electron chi connectivity index (χ3n) is 8.00. The molecule has 0 bridgehead atoms. The third kappa shape index (κ3) is 5.52. The summed E-state index contributed by atoms with van der Waals surface area (Å²) in [7, 11) is 1.60. The number of amides is 2. The number of anilines is 1. The lowest BCUT2D eigenvalue weighted by Gasteiger charge is -2.37. The molecule has 4 unspecified atom stereocenters. The van der Waals surface area contributed by atoms with Crippen molar-refractivity contribution in [2.75, 3.05) is 38.2 Å². The molecule has 1 aromatic heterocycles. The van der Waals surface area contributed by atoms with Crippen LogP contribution in [-0.2, 0) is 16.0 Å². The number of rotatable bonds is 8. The van der Waals surface area contributed by atoms with Crippen LogP contribution >= 0.6 is 0 Å². The molecule has 210 valence electrons. The highest BCUT2D eigenvalue weighted by molar-refractivity contribution is 5.97. The van der Waals surface area contributed by atoms with E-state index in [4.69, 9.17) is 4.74 Å². The van der Waals surface area contributed by atoms with E-state index in [9.17, 15) is 14.7 Å². The fourth-order valence-electron chi connectivity index (χ4n) is 5.77. The quantitative estimate of drug-likeness (QED) is 0.452. The zero-order valence-corrected chi connectivity index (χ0v) is 23.2. The zero-order chi connectivity index (χ0) is 28.2. The minimum Gasteiger partial charge on any atom is -0.497 e. The van der Waals surface area contributed by atoms with Gasteiger partial charge in [-0.25, -0.2) is 0 Å². The largest absolute Gasteiger partial charge is 0.497 e. The first-order valence-corrected chi connectivity index (χ1v) is 13.8. The molecule has 2 aromatic carbocycles. The van der Waals surface area contributed by atoms with Crippen LogP contribution in [0.25, 0.3) is 10.9 Å². The van der Waals surface area contributed by atoms with Crippen molar-refractivity contribution in [3.8, 4) is 5.75 Å². The standard InChI is InChI=1S/C31H37N5O4/c1-4-35(22-13-15-23(40-3)16-14-22)29(37)20-34-17-18-36(28-12-8-5-9-21(28)2)31(39)25(30(34)38)19-27-24-10-6-7-11-26(24)32-33-27/h5-16,21,25,28,31,39H,4,17-20H2,1-3H3,(H,32,33). The molecular formula is C31H37N5O4. The van der Waals surface area contributed by atoms with Crippen LogP contribution in [0.5, 0.6) is 5.75 Å². The summed E-state index contributed by atoms with van der Waals surface area (Å²) in [6.45, 7) is 5.19. The Balaban J connectivity index is 1.43. The summed E-state index contributed by atoms with van der Waals surface area (Å²) in [5, 5.41) is 20.1. The molecule has 1 aliphatic heterocycles. The number of methoxy groups -OCH3 is 1. The van der Waals surface area contributed by atoms with Gasteiger partial charge in [0.1, 0.15) is 18.5 Å². The number of aromatic nitrogens is 2. The number of nitrogens with one attached hydrogen (secondary N) is 1. The van der Waals surface area contributed by atoms with Gasteiger partial charge in [-0.3, -0.25) is 19.6 Å².